The van der Waals surface area contributed by atoms with Gasteiger partial charge >= 0.3 is 0 Å². The van der Waals surface area contributed by atoms with Gasteiger partial charge in [-0.15, -0.1) is 0 Å². The molecule has 1 aromatic rings. The van der Waals surface area contributed by atoms with Crippen LogP contribution in [0.4, 0.5) is 8.78 Å². The van der Waals surface area contributed by atoms with Crippen LogP contribution in [0.3, 0.4) is 0 Å². The number of rotatable bonds is 7. The zero-order valence-corrected chi connectivity index (χ0v) is 14.2. The Kier molecular flexibility index (Phi) is 6.87. The molecule has 0 heterocycles. The molecule has 0 aliphatic carbocycles. The summed E-state index contributed by atoms with van der Waals surface area (Å²) >= 11 is 0. The third kappa shape index (κ3) is 5.42. The number of amides is 1. The second-order valence-corrected chi connectivity index (χ2v) is 7.54. The summed E-state index contributed by atoms with van der Waals surface area (Å²) in [6.45, 7) is 5.18. The normalized spacial score (nSPS) is 13.3. The van der Waals surface area contributed by atoms with Crippen molar-refractivity contribution in [2.75, 3.05) is 18.1 Å². The summed E-state index contributed by atoms with van der Waals surface area (Å²) in [4.78, 5) is 13.5. The molecule has 0 saturated carbocycles. The highest BCUT2D eigenvalue weighted by Gasteiger charge is 2.22. The van der Waals surface area contributed by atoms with Gasteiger partial charge in [0.05, 0.1) is 5.75 Å². The van der Waals surface area contributed by atoms with E-state index in [1.54, 1.807) is 20.8 Å². The predicted octanol–water partition coefficient (Wildman–Crippen LogP) is 2.65. The Bertz CT molecular complexity index is 666. The Morgan fingerprint density at radius 2 is 1.83 bits per heavy atom. The van der Waals surface area contributed by atoms with Crippen LogP contribution in [-0.2, 0) is 14.6 Å². The van der Waals surface area contributed by atoms with Crippen molar-refractivity contribution in [3.63, 3.8) is 0 Å². The van der Waals surface area contributed by atoms with Crippen LogP contribution in [0.2, 0.25) is 0 Å². The smallest absolute Gasteiger partial charge is 0.246 e. The fourth-order valence-corrected chi connectivity index (χ4v) is 3.33. The molecule has 0 aliphatic rings. The molecule has 7 heteroatoms. The number of hydrogen-bond donors (Lipinski definition) is 0. The van der Waals surface area contributed by atoms with E-state index in [2.05, 4.69) is 0 Å². The van der Waals surface area contributed by atoms with Gasteiger partial charge in [-0.25, -0.2) is 17.2 Å². The first-order valence-electron chi connectivity index (χ1n) is 7.35. The van der Waals surface area contributed by atoms with E-state index in [1.165, 1.54) is 11.0 Å². The fraction of sp³-hybridized carbons (Fsp3) is 0.438. The zero-order chi connectivity index (χ0) is 17.6. The van der Waals surface area contributed by atoms with Crippen LogP contribution in [0.5, 0.6) is 0 Å². The van der Waals surface area contributed by atoms with Crippen LogP contribution in [0.15, 0.2) is 24.3 Å². The van der Waals surface area contributed by atoms with Gasteiger partial charge in [-0.3, -0.25) is 4.79 Å². The highest BCUT2D eigenvalue weighted by atomic mass is 32.2. The first-order valence-corrected chi connectivity index (χ1v) is 9.17. The molecule has 0 spiro atoms. The Morgan fingerprint density at radius 3 is 2.30 bits per heavy atom. The van der Waals surface area contributed by atoms with Gasteiger partial charge < -0.3 is 4.90 Å². The largest absolute Gasteiger partial charge is 0.336 e. The molecule has 1 unspecified atom stereocenters. The van der Waals surface area contributed by atoms with E-state index in [0.717, 1.165) is 24.3 Å². The van der Waals surface area contributed by atoms with Gasteiger partial charge in [-0.05, 0) is 32.1 Å². The standard InChI is InChI=1S/C16H21F2NO3S/c1-4-19(12(3)11-23(21,22)5-2)16(20)10-9-13-14(17)7-6-8-15(13)18/h6-10,12H,4-5,11H2,1-3H3. The molecule has 128 valence electrons. The van der Waals surface area contributed by atoms with Gasteiger partial charge in [0.2, 0.25) is 5.91 Å². The lowest BCUT2D eigenvalue weighted by molar-refractivity contribution is -0.127. The molecule has 0 saturated heterocycles. The summed E-state index contributed by atoms with van der Waals surface area (Å²) in [5, 5.41) is 0. The van der Waals surface area contributed by atoms with Crippen LogP contribution < -0.4 is 0 Å². The molecule has 0 bridgehead atoms. The van der Waals surface area contributed by atoms with Crippen molar-refractivity contribution in [2.45, 2.75) is 26.8 Å². The first kappa shape index (κ1) is 19.3. The van der Waals surface area contributed by atoms with E-state index in [1.807, 2.05) is 0 Å². The number of hydrogen-bond acceptors (Lipinski definition) is 3. The number of sulfone groups is 1. The number of carbonyl (C=O) groups excluding carboxylic acids is 1. The summed E-state index contributed by atoms with van der Waals surface area (Å²) in [5.74, 6) is -2.17. The molecule has 0 radical (unpaired) electrons. The summed E-state index contributed by atoms with van der Waals surface area (Å²) in [7, 11) is -3.23. The van der Waals surface area contributed by atoms with Gasteiger partial charge in [0, 0.05) is 30.0 Å². The van der Waals surface area contributed by atoms with E-state index in [-0.39, 0.29) is 17.1 Å². The maximum absolute atomic E-state index is 13.5. The van der Waals surface area contributed by atoms with Crippen molar-refractivity contribution < 1.29 is 22.0 Å². The molecule has 4 nitrogen and oxygen atoms in total. The van der Waals surface area contributed by atoms with E-state index in [4.69, 9.17) is 0 Å². The maximum atomic E-state index is 13.5. The van der Waals surface area contributed by atoms with Gasteiger partial charge in [-0.1, -0.05) is 13.0 Å². The molecular weight excluding hydrogens is 324 g/mol. The number of benzene rings is 1. The monoisotopic (exact) mass is 345 g/mol. The van der Waals surface area contributed by atoms with Crippen LogP contribution in [0.25, 0.3) is 6.08 Å². The average Bonchev–Trinajstić information content (AvgIpc) is 2.47. The number of nitrogens with zero attached hydrogens (tertiary/aromatic N) is 1. The second-order valence-electron chi connectivity index (χ2n) is 5.14. The molecule has 1 atom stereocenters. The predicted molar refractivity (Wildman–Crippen MR) is 86.6 cm³/mol. The first-order chi connectivity index (χ1) is 10.7. The minimum absolute atomic E-state index is 0.000633. The molecular formula is C16H21F2NO3S. The summed E-state index contributed by atoms with van der Waals surface area (Å²) in [5.41, 5.74) is -0.300. The highest BCUT2D eigenvalue weighted by Crippen LogP contribution is 2.14. The van der Waals surface area contributed by atoms with Crippen LogP contribution in [-0.4, -0.2) is 43.3 Å². The minimum atomic E-state index is -3.23. The van der Waals surface area contributed by atoms with Crippen molar-refractivity contribution in [1.82, 2.24) is 4.90 Å². The van der Waals surface area contributed by atoms with Crippen molar-refractivity contribution in [3.05, 3.63) is 41.5 Å². The van der Waals surface area contributed by atoms with Crippen LogP contribution in [0, 0.1) is 11.6 Å². The van der Waals surface area contributed by atoms with Gasteiger partial charge in [0.25, 0.3) is 0 Å². The Morgan fingerprint density at radius 1 is 1.26 bits per heavy atom. The summed E-state index contributed by atoms with van der Waals surface area (Å²) < 4.78 is 50.4. The Labute approximate surface area is 135 Å². The molecule has 0 aliphatic heterocycles. The maximum Gasteiger partial charge on any atom is 0.246 e. The number of halogens is 2. The van der Waals surface area contributed by atoms with E-state index in [9.17, 15) is 22.0 Å². The summed E-state index contributed by atoms with van der Waals surface area (Å²) in [6.07, 6.45) is 2.12. The quantitative estimate of drug-likeness (QED) is 0.714. The zero-order valence-electron chi connectivity index (χ0n) is 13.4. The minimum Gasteiger partial charge on any atom is -0.336 e. The molecule has 1 rings (SSSR count). The second kappa shape index (κ2) is 8.19. The third-order valence-electron chi connectivity index (χ3n) is 3.48. The topological polar surface area (TPSA) is 54.5 Å². The van der Waals surface area contributed by atoms with Crippen molar-refractivity contribution in [2.24, 2.45) is 0 Å². The lowest BCUT2D eigenvalue weighted by Crippen LogP contribution is -2.41. The lowest BCUT2D eigenvalue weighted by Gasteiger charge is -2.26. The van der Waals surface area contributed by atoms with Crippen molar-refractivity contribution in [3.8, 4) is 0 Å². The molecule has 1 aromatic carbocycles. The van der Waals surface area contributed by atoms with Gasteiger partial charge in [-0.2, -0.15) is 0 Å². The number of likely N-dealkylation sites (N-methyl/N-ethyl adjacent to an activating group) is 1. The van der Waals surface area contributed by atoms with E-state index < -0.39 is 33.4 Å². The average molecular weight is 345 g/mol. The number of carbonyl (C=O) groups is 1. The van der Waals surface area contributed by atoms with Gasteiger partial charge in [0.15, 0.2) is 9.84 Å². The van der Waals surface area contributed by atoms with Crippen LogP contribution in [0.1, 0.15) is 26.3 Å². The van der Waals surface area contributed by atoms with Crippen LogP contribution >= 0.6 is 0 Å². The fourth-order valence-electron chi connectivity index (χ4n) is 2.18. The Hall–Kier alpha value is -1.76. The Balaban J connectivity index is 2.91. The van der Waals surface area contributed by atoms with Gasteiger partial charge in [0.1, 0.15) is 11.6 Å². The third-order valence-corrected chi connectivity index (χ3v) is 5.35. The molecule has 23 heavy (non-hydrogen) atoms. The highest BCUT2D eigenvalue weighted by molar-refractivity contribution is 7.91. The molecule has 1 amide bonds. The SMILES string of the molecule is CCN(C(=O)C=Cc1c(F)cccc1F)C(C)CS(=O)(=O)CC. The van der Waals surface area contributed by atoms with Crippen molar-refractivity contribution in [1.29, 1.82) is 0 Å². The molecule has 0 fully saturated rings. The molecule has 0 N–H and O–H groups in total. The van der Waals surface area contributed by atoms with Crippen molar-refractivity contribution >= 4 is 21.8 Å². The summed E-state index contributed by atoms with van der Waals surface area (Å²) in [6, 6.07) is 2.91. The molecule has 0 aromatic heterocycles. The van der Waals surface area contributed by atoms with E-state index in [0.29, 0.717) is 6.54 Å². The van der Waals surface area contributed by atoms with E-state index >= 15 is 0 Å². The lowest BCUT2D eigenvalue weighted by atomic mass is 10.1.